The number of benzene rings is 2. The Morgan fingerprint density at radius 3 is 2.42 bits per heavy atom. The second kappa shape index (κ2) is 8.03. The number of amides is 1. The summed E-state index contributed by atoms with van der Waals surface area (Å²) in [4.78, 5) is 16.7. The van der Waals surface area contributed by atoms with Crippen LogP contribution < -0.4 is 4.74 Å². The summed E-state index contributed by atoms with van der Waals surface area (Å²) < 4.78 is 5.20. The number of nitriles is 1. The van der Waals surface area contributed by atoms with E-state index in [2.05, 4.69) is 11.0 Å². The number of ether oxygens (including phenoxy) is 1. The fourth-order valence-electron chi connectivity index (χ4n) is 3.24. The van der Waals surface area contributed by atoms with Gasteiger partial charge in [-0.1, -0.05) is 35.9 Å². The molecule has 1 aliphatic heterocycles. The number of methoxy groups -OCH3 is 1. The Kier molecular flexibility index (Phi) is 5.55. The van der Waals surface area contributed by atoms with E-state index >= 15 is 0 Å². The van der Waals surface area contributed by atoms with E-state index in [9.17, 15) is 10.1 Å². The van der Waals surface area contributed by atoms with Crippen molar-refractivity contribution in [2.45, 2.75) is 13.0 Å². The van der Waals surface area contributed by atoms with Gasteiger partial charge in [-0.15, -0.1) is 0 Å². The molecule has 0 spiro atoms. The SMILES string of the molecule is COc1cccc(C(=O)N2CCN(C(C#N)c3ccc(C)cc3)CC2)c1. The third-order valence-corrected chi connectivity index (χ3v) is 4.80. The zero-order valence-corrected chi connectivity index (χ0v) is 15.2. The maximum Gasteiger partial charge on any atom is 0.254 e. The minimum Gasteiger partial charge on any atom is -0.497 e. The Bertz CT molecular complexity index is 803. The molecule has 5 heteroatoms. The molecule has 1 fully saturated rings. The van der Waals surface area contributed by atoms with Crippen molar-refractivity contribution in [1.29, 1.82) is 5.26 Å². The van der Waals surface area contributed by atoms with E-state index in [4.69, 9.17) is 4.74 Å². The van der Waals surface area contributed by atoms with Crippen molar-refractivity contribution in [3.05, 3.63) is 65.2 Å². The van der Waals surface area contributed by atoms with Gasteiger partial charge in [-0.2, -0.15) is 5.26 Å². The van der Waals surface area contributed by atoms with Crippen LogP contribution in [0.25, 0.3) is 0 Å². The van der Waals surface area contributed by atoms with Gasteiger partial charge in [-0.3, -0.25) is 9.69 Å². The molecule has 0 bridgehead atoms. The van der Waals surface area contributed by atoms with Crippen LogP contribution in [0.15, 0.2) is 48.5 Å². The van der Waals surface area contributed by atoms with Gasteiger partial charge < -0.3 is 9.64 Å². The second-order valence-electron chi connectivity index (χ2n) is 6.50. The molecule has 3 rings (SSSR count). The molecule has 1 amide bonds. The Hall–Kier alpha value is -2.84. The predicted molar refractivity (Wildman–Crippen MR) is 100 cm³/mol. The van der Waals surface area contributed by atoms with Crippen LogP contribution in [0.3, 0.4) is 0 Å². The summed E-state index contributed by atoms with van der Waals surface area (Å²) in [7, 11) is 1.59. The number of aryl methyl sites for hydroxylation is 1. The van der Waals surface area contributed by atoms with Crippen LogP contribution in [0.5, 0.6) is 5.75 Å². The highest BCUT2D eigenvalue weighted by molar-refractivity contribution is 5.94. The van der Waals surface area contributed by atoms with Crippen molar-refractivity contribution in [1.82, 2.24) is 9.80 Å². The van der Waals surface area contributed by atoms with Gasteiger partial charge >= 0.3 is 0 Å². The lowest BCUT2D eigenvalue weighted by molar-refractivity contribution is 0.0606. The molecule has 5 nitrogen and oxygen atoms in total. The molecular weight excluding hydrogens is 326 g/mol. The van der Waals surface area contributed by atoms with Crippen molar-refractivity contribution in [2.24, 2.45) is 0 Å². The van der Waals surface area contributed by atoms with Gasteiger partial charge in [0.1, 0.15) is 11.8 Å². The molecule has 1 heterocycles. The summed E-state index contributed by atoms with van der Waals surface area (Å²) in [6, 6.07) is 17.4. The highest BCUT2D eigenvalue weighted by Gasteiger charge is 2.27. The summed E-state index contributed by atoms with van der Waals surface area (Å²) in [5, 5.41) is 9.63. The molecular formula is C21H23N3O2. The molecule has 0 N–H and O–H groups in total. The largest absolute Gasteiger partial charge is 0.497 e. The Labute approximate surface area is 154 Å². The van der Waals surface area contributed by atoms with Crippen LogP contribution in [0.4, 0.5) is 0 Å². The van der Waals surface area contributed by atoms with Crippen LogP contribution in [0.1, 0.15) is 27.5 Å². The molecule has 26 heavy (non-hydrogen) atoms. The molecule has 2 aromatic rings. The third kappa shape index (κ3) is 3.87. The van der Waals surface area contributed by atoms with Crippen molar-refractivity contribution in [2.75, 3.05) is 33.3 Å². The molecule has 0 aromatic heterocycles. The van der Waals surface area contributed by atoms with E-state index < -0.39 is 0 Å². The molecule has 2 aromatic carbocycles. The minimum absolute atomic E-state index is 0.00685. The highest BCUT2D eigenvalue weighted by Crippen LogP contribution is 2.23. The maximum atomic E-state index is 12.7. The van der Waals surface area contributed by atoms with E-state index in [0.29, 0.717) is 37.5 Å². The average Bonchev–Trinajstić information content (AvgIpc) is 2.70. The fraction of sp³-hybridized carbons (Fsp3) is 0.333. The lowest BCUT2D eigenvalue weighted by Crippen LogP contribution is -2.49. The summed E-state index contributed by atoms with van der Waals surface area (Å²) in [6.07, 6.45) is 0. The van der Waals surface area contributed by atoms with Crippen molar-refractivity contribution >= 4 is 5.91 Å². The van der Waals surface area contributed by atoms with Gasteiger partial charge in [0.15, 0.2) is 0 Å². The van der Waals surface area contributed by atoms with Crippen LogP contribution in [0.2, 0.25) is 0 Å². The first kappa shape index (κ1) is 18.0. The number of piperazine rings is 1. The van der Waals surface area contributed by atoms with Crippen molar-refractivity contribution in [3.63, 3.8) is 0 Å². The molecule has 0 aliphatic carbocycles. The molecule has 1 saturated heterocycles. The lowest BCUT2D eigenvalue weighted by atomic mass is 10.0. The first-order chi connectivity index (χ1) is 12.6. The molecule has 0 saturated carbocycles. The van der Waals surface area contributed by atoms with Gasteiger partial charge in [0.2, 0.25) is 0 Å². The Balaban J connectivity index is 1.65. The highest BCUT2D eigenvalue weighted by atomic mass is 16.5. The second-order valence-corrected chi connectivity index (χ2v) is 6.50. The average molecular weight is 349 g/mol. The van der Waals surface area contributed by atoms with Crippen molar-refractivity contribution < 1.29 is 9.53 Å². The fourth-order valence-corrected chi connectivity index (χ4v) is 3.24. The molecule has 134 valence electrons. The minimum atomic E-state index is -0.273. The van der Waals surface area contributed by atoms with E-state index in [0.717, 1.165) is 5.56 Å². The van der Waals surface area contributed by atoms with Gasteiger partial charge in [0, 0.05) is 31.7 Å². The third-order valence-electron chi connectivity index (χ3n) is 4.80. The quantitative estimate of drug-likeness (QED) is 0.851. The predicted octanol–water partition coefficient (Wildman–Crippen LogP) is 3.03. The topological polar surface area (TPSA) is 56.6 Å². The van der Waals surface area contributed by atoms with E-state index in [-0.39, 0.29) is 11.9 Å². The van der Waals surface area contributed by atoms with Crippen LogP contribution in [-0.4, -0.2) is 49.0 Å². The first-order valence-corrected chi connectivity index (χ1v) is 8.76. The zero-order valence-electron chi connectivity index (χ0n) is 15.2. The standard InChI is InChI=1S/C21H23N3O2/c1-16-6-8-17(9-7-16)20(15-22)23-10-12-24(13-11-23)21(25)18-4-3-5-19(14-18)26-2/h3-9,14,20H,10-13H2,1-2H3. The Morgan fingerprint density at radius 2 is 1.81 bits per heavy atom. The normalized spacial score (nSPS) is 16.0. The monoisotopic (exact) mass is 349 g/mol. The van der Waals surface area contributed by atoms with Crippen LogP contribution >= 0.6 is 0 Å². The van der Waals surface area contributed by atoms with Gasteiger partial charge in [0.05, 0.1) is 13.2 Å². The maximum absolute atomic E-state index is 12.7. The smallest absolute Gasteiger partial charge is 0.254 e. The van der Waals surface area contributed by atoms with Gasteiger partial charge in [-0.05, 0) is 30.7 Å². The summed E-state index contributed by atoms with van der Waals surface area (Å²) in [5.74, 6) is 0.686. The lowest BCUT2D eigenvalue weighted by Gasteiger charge is -2.37. The number of carbonyl (C=O) groups excluding carboxylic acids is 1. The zero-order chi connectivity index (χ0) is 18.5. The molecule has 1 atom stereocenters. The first-order valence-electron chi connectivity index (χ1n) is 8.76. The molecule has 1 unspecified atom stereocenters. The van der Waals surface area contributed by atoms with Gasteiger partial charge in [0.25, 0.3) is 5.91 Å². The van der Waals surface area contributed by atoms with E-state index in [1.54, 1.807) is 13.2 Å². The number of hydrogen-bond acceptors (Lipinski definition) is 4. The van der Waals surface area contributed by atoms with E-state index in [1.165, 1.54) is 5.56 Å². The molecule has 0 radical (unpaired) electrons. The Morgan fingerprint density at radius 1 is 1.12 bits per heavy atom. The van der Waals surface area contributed by atoms with E-state index in [1.807, 2.05) is 54.3 Å². The number of rotatable bonds is 4. The summed E-state index contributed by atoms with van der Waals surface area (Å²) in [5.41, 5.74) is 2.82. The molecule has 1 aliphatic rings. The number of hydrogen-bond donors (Lipinski definition) is 0. The number of carbonyl (C=O) groups is 1. The van der Waals surface area contributed by atoms with Crippen LogP contribution in [-0.2, 0) is 0 Å². The van der Waals surface area contributed by atoms with Crippen LogP contribution in [0, 0.1) is 18.3 Å². The summed E-state index contributed by atoms with van der Waals surface area (Å²) >= 11 is 0. The summed E-state index contributed by atoms with van der Waals surface area (Å²) in [6.45, 7) is 4.62. The van der Waals surface area contributed by atoms with Gasteiger partial charge in [-0.25, -0.2) is 0 Å². The number of nitrogens with zero attached hydrogens (tertiary/aromatic N) is 3. The van der Waals surface area contributed by atoms with Crippen molar-refractivity contribution in [3.8, 4) is 11.8 Å².